The molecule has 1 fully saturated rings. The fraction of sp³-hybridized carbons (Fsp3) is 0.0588. The van der Waals surface area contributed by atoms with Gasteiger partial charge in [-0.15, -0.1) is 0 Å². The molecule has 2 amide bonds. The van der Waals surface area contributed by atoms with Gasteiger partial charge in [0.25, 0.3) is 11.1 Å². The second-order valence-corrected chi connectivity index (χ2v) is 8.34. The Bertz CT molecular complexity index is 992. The Hall–Kier alpha value is -2.17. The molecule has 1 N–H and O–H groups in total. The van der Waals surface area contributed by atoms with Crippen LogP contribution in [-0.4, -0.2) is 26.1 Å². The number of carbonyl (C=O) groups is 2. The van der Waals surface area contributed by atoms with Crippen molar-refractivity contribution in [2.75, 3.05) is 0 Å². The Morgan fingerprint density at radius 2 is 1.81 bits per heavy atom. The van der Waals surface area contributed by atoms with Gasteiger partial charge in [-0.25, -0.2) is 0 Å². The van der Waals surface area contributed by atoms with Crippen molar-refractivity contribution in [3.63, 3.8) is 0 Å². The summed E-state index contributed by atoms with van der Waals surface area (Å²) in [5, 5.41) is 20.7. The number of phenolic OH excluding ortho intramolecular Hbond substituents is 1. The van der Waals surface area contributed by atoms with Crippen molar-refractivity contribution in [1.29, 1.82) is 0 Å². The summed E-state index contributed by atoms with van der Waals surface area (Å²) in [4.78, 5) is 36.3. The molecule has 0 spiro atoms. The minimum atomic E-state index is -0.725. The number of halogens is 2. The third-order valence-electron chi connectivity index (χ3n) is 3.69. The second kappa shape index (κ2) is 7.83. The van der Waals surface area contributed by atoms with Crippen LogP contribution in [0.2, 0.25) is 0 Å². The lowest BCUT2D eigenvalue weighted by Gasteiger charge is -2.12. The molecule has 2 aromatic carbocycles. The Labute approximate surface area is 174 Å². The normalized spacial score (nSPS) is 15.6. The summed E-state index contributed by atoms with van der Waals surface area (Å²) in [6, 6.07) is 9.80. The molecule has 138 valence electrons. The van der Waals surface area contributed by atoms with Gasteiger partial charge in [0, 0.05) is 20.6 Å². The minimum absolute atomic E-state index is 0.0743. The van der Waals surface area contributed by atoms with Crippen LogP contribution >= 0.6 is 43.6 Å². The first-order valence-electron chi connectivity index (χ1n) is 7.43. The van der Waals surface area contributed by atoms with Crippen LogP contribution in [0.3, 0.4) is 0 Å². The number of amides is 2. The van der Waals surface area contributed by atoms with Crippen LogP contribution in [0.15, 0.2) is 50.2 Å². The first-order chi connectivity index (χ1) is 12.8. The molecule has 0 saturated carbocycles. The molecular weight excluding hydrogens is 504 g/mol. The molecule has 0 aromatic heterocycles. The Morgan fingerprint density at radius 1 is 1.15 bits per heavy atom. The van der Waals surface area contributed by atoms with Crippen molar-refractivity contribution in [3.05, 3.63) is 71.5 Å². The quantitative estimate of drug-likeness (QED) is 0.348. The molecule has 1 saturated heterocycles. The molecule has 1 heterocycles. The number of nitro benzene ring substituents is 1. The fourth-order valence-corrected chi connectivity index (χ4v) is 3.96. The van der Waals surface area contributed by atoms with E-state index in [-0.39, 0.29) is 17.0 Å². The average molecular weight is 514 g/mol. The van der Waals surface area contributed by atoms with E-state index >= 15 is 0 Å². The van der Waals surface area contributed by atoms with Gasteiger partial charge < -0.3 is 5.11 Å². The molecule has 27 heavy (non-hydrogen) atoms. The molecule has 0 unspecified atom stereocenters. The smallest absolute Gasteiger partial charge is 0.312 e. The number of imide groups is 1. The van der Waals surface area contributed by atoms with Gasteiger partial charge >= 0.3 is 5.69 Å². The van der Waals surface area contributed by atoms with Crippen LogP contribution in [0.25, 0.3) is 6.08 Å². The molecule has 0 atom stereocenters. The van der Waals surface area contributed by atoms with E-state index in [1.807, 2.05) is 12.1 Å². The van der Waals surface area contributed by atoms with Gasteiger partial charge in [0.05, 0.1) is 16.4 Å². The van der Waals surface area contributed by atoms with Gasteiger partial charge in [0.2, 0.25) is 5.75 Å². The van der Waals surface area contributed by atoms with Gasteiger partial charge in [0.1, 0.15) is 0 Å². The number of hydrogen-bond donors (Lipinski definition) is 1. The molecule has 0 aliphatic carbocycles. The van der Waals surface area contributed by atoms with Crippen LogP contribution in [0.1, 0.15) is 11.1 Å². The van der Waals surface area contributed by atoms with Crippen molar-refractivity contribution < 1.29 is 19.6 Å². The topological polar surface area (TPSA) is 101 Å². The molecule has 0 radical (unpaired) electrons. The number of phenols is 1. The molecule has 1 aliphatic heterocycles. The molecule has 2 aromatic rings. The highest BCUT2D eigenvalue weighted by Crippen LogP contribution is 2.38. The predicted octanol–water partition coefficient (Wildman–Crippen LogP) is 5.06. The van der Waals surface area contributed by atoms with E-state index in [9.17, 15) is 24.8 Å². The minimum Gasteiger partial charge on any atom is -0.502 e. The van der Waals surface area contributed by atoms with E-state index in [1.165, 1.54) is 12.1 Å². The van der Waals surface area contributed by atoms with Crippen LogP contribution in [0.5, 0.6) is 5.75 Å². The zero-order valence-corrected chi connectivity index (χ0v) is 17.4. The number of rotatable bonds is 4. The van der Waals surface area contributed by atoms with Crippen molar-refractivity contribution >= 4 is 66.5 Å². The third kappa shape index (κ3) is 4.23. The Balaban J connectivity index is 1.90. The molecular formula is C17H10Br2N2O5S. The fourth-order valence-electron chi connectivity index (χ4n) is 2.40. The van der Waals surface area contributed by atoms with Gasteiger partial charge in [-0.05, 0) is 41.6 Å². The van der Waals surface area contributed by atoms with Crippen molar-refractivity contribution in [3.8, 4) is 5.75 Å². The highest BCUT2D eigenvalue weighted by atomic mass is 79.9. The monoisotopic (exact) mass is 512 g/mol. The van der Waals surface area contributed by atoms with E-state index in [0.29, 0.717) is 4.47 Å². The summed E-state index contributed by atoms with van der Waals surface area (Å²) in [7, 11) is 0. The molecule has 1 aliphatic rings. The maximum Gasteiger partial charge on any atom is 0.312 e. The van der Waals surface area contributed by atoms with Crippen LogP contribution < -0.4 is 0 Å². The lowest BCUT2D eigenvalue weighted by Crippen LogP contribution is -2.27. The lowest BCUT2D eigenvalue weighted by molar-refractivity contribution is -0.385. The Morgan fingerprint density at radius 3 is 2.44 bits per heavy atom. The number of benzene rings is 2. The average Bonchev–Trinajstić information content (AvgIpc) is 2.87. The summed E-state index contributed by atoms with van der Waals surface area (Å²) >= 11 is 7.18. The van der Waals surface area contributed by atoms with Gasteiger partial charge in [-0.1, -0.05) is 44.0 Å². The molecule has 0 bridgehead atoms. The van der Waals surface area contributed by atoms with Gasteiger partial charge in [-0.2, -0.15) is 0 Å². The van der Waals surface area contributed by atoms with Crippen LogP contribution in [0, 0.1) is 10.1 Å². The summed E-state index contributed by atoms with van der Waals surface area (Å²) in [6.07, 6.45) is 1.28. The largest absolute Gasteiger partial charge is 0.502 e. The highest BCUT2D eigenvalue weighted by Gasteiger charge is 2.35. The van der Waals surface area contributed by atoms with E-state index in [2.05, 4.69) is 31.9 Å². The summed E-state index contributed by atoms with van der Waals surface area (Å²) < 4.78 is 1.25. The molecule has 7 nitrogen and oxygen atoms in total. The summed E-state index contributed by atoms with van der Waals surface area (Å²) in [5.41, 5.74) is 0.359. The van der Waals surface area contributed by atoms with Crippen molar-refractivity contribution in [2.45, 2.75) is 6.54 Å². The number of carbonyl (C=O) groups excluding carboxylic acids is 2. The first kappa shape index (κ1) is 19.6. The highest BCUT2D eigenvalue weighted by molar-refractivity contribution is 9.10. The second-order valence-electron chi connectivity index (χ2n) is 5.51. The SMILES string of the molecule is O=C1S/C(=C\c2cc(Br)cc([N+](=O)[O-])c2O)C(=O)N1Cc1ccc(Br)cc1. The number of hydrogen-bond acceptors (Lipinski definition) is 6. The van der Waals surface area contributed by atoms with E-state index in [4.69, 9.17) is 0 Å². The number of nitrogens with zero attached hydrogens (tertiary/aromatic N) is 2. The van der Waals surface area contributed by atoms with E-state index in [1.54, 1.807) is 12.1 Å². The zero-order valence-electron chi connectivity index (χ0n) is 13.4. The predicted molar refractivity (Wildman–Crippen MR) is 108 cm³/mol. The first-order valence-corrected chi connectivity index (χ1v) is 9.83. The number of nitro groups is 1. The number of aromatic hydroxyl groups is 1. The lowest BCUT2D eigenvalue weighted by atomic mass is 10.1. The van der Waals surface area contributed by atoms with Crippen LogP contribution in [0.4, 0.5) is 10.5 Å². The number of thioether (sulfide) groups is 1. The molecule has 3 rings (SSSR count). The van der Waals surface area contributed by atoms with Crippen molar-refractivity contribution in [2.24, 2.45) is 0 Å². The molecule has 10 heteroatoms. The van der Waals surface area contributed by atoms with Gasteiger partial charge in [0.15, 0.2) is 0 Å². The maximum absolute atomic E-state index is 12.6. The van der Waals surface area contributed by atoms with E-state index < -0.39 is 27.5 Å². The zero-order chi connectivity index (χ0) is 19.7. The maximum atomic E-state index is 12.6. The van der Waals surface area contributed by atoms with Crippen molar-refractivity contribution in [1.82, 2.24) is 4.90 Å². The third-order valence-corrected chi connectivity index (χ3v) is 5.59. The Kier molecular flexibility index (Phi) is 5.68. The standard InChI is InChI=1S/C17H10Br2N2O5S/c18-11-3-1-9(2-4-11)8-20-16(23)14(27-17(20)24)6-10-5-12(19)7-13(15(10)22)21(25)26/h1-7,22H,8H2/b14-6-. The van der Waals surface area contributed by atoms with Gasteiger partial charge in [-0.3, -0.25) is 24.6 Å². The summed E-state index contributed by atoms with van der Waals surface area (Å²) in [6.45, 7) is 0.111. The van der Waals surface area contributed by atoms with Crippen LogP contribution in [-0.2, 0) is 11.3 Å². The van der Waals surface area contributed by atoms with E-state index in [0.717, 1.165) is 32.8 Å². The summed E-state index contributed by atoms with van der Waals surface area (Å²) in [5.74, 6) is -1.09.